The summed E-state index contributed by atoms with van der Waals surface area (Å²) in [4.78, 5) is 44.1. The zero-order valence-electron chi connectivity index (χ0n) is 12.1. The third-order valence-electron chi connectivity index (χ3n) is 2.77. The fourth-order valence-corrected chi connectivity index (χ4v) is 2.05. The van der Waals surface area contributed by atoms with Crippen LogP contribution in [-0.2, 0) is 38.1 Å². The van der Waals surface area contributed by atoms with Crippen molar-refractivity contribution >= 4 is 24.2 Å². The Morgan fingerprint density at radius 1 is 1.10 bits per heavy atom. The Labute approximate surface area is 121 Å². The second-order valence-corrected chi connectivity index (χ2v) is 4.61. The third kappa shape index (κ3) is 5.50. The Hall–Kier alpha value is -1.96. The van der Waals surface area contributed by atoms with Crippen LogP contribution in [0.5, 0.6) is 0 Å². The van der Waals surface area contributed by atoms with Crippen LogP contribution < -0.4 is 0 Å². The maximum atomic E-state index is 11.2. The minimum atomic E-state index is -0.943. The van der Waals surface area contributed by atoms with E-state index >= 15 is 0 Å². The molecule has 1 saturated heterocycles. The Morgan fingerprint density at radius 3 is 2.19 bits per heavy atom. The molecule has 8 heteroatoms. The van der Waals surface area contributed by atoms with Crippen LogP contribution in [0.2, 0.25) is 0 Å². The molecule has 1 heterocycles. The van der Waals surface area contributed by atoms with Crippen molar-refractivity contribution in [1.29, 1.82) is 0 Å². The summed E-state index contributed by atoms with van der Waals surface area (Å²) in [7, 11) is 0. The van der Waals surface area contributed by atoms with Gasteiger partial charge < -0.3 is 23.7 Å². The monoisotopic (exact) mass is 302 g/mol. The van der Waals surface area contributed by atoms with Gasteiger partial charge in [0, 0.05) is 27.2 Å². The fourth-order valence-electron chi connectivity index (χ4n) is 2.05. The molecule has 1 rings (SSSR count). The number of hydrogen-bond acceptors (Lipinski definition) is 8. The fraction of sp³-hybridized carbons (Fsp3) is 0.692. The summed E-state index contributed by atoms with van der Waals surface area (Å²) in [6, 6.07) is 0. The lowest BCUT2D eigenvalue weighted by Gasteiger charge is -2.38. The molecule has 21 heavy (non-hydrogen) atoms. The van der Waals surface area contributed by atoms with Crippen molar-refractivity contribution in [3.63, 3.8) is 0 Å². The molecule has 0 bridgehead atoms. The summed E-state index contributed by atoms with van der Waals surface area (Å²) < 4.78 is 20.4. The molecule has 0 aromatic carbocycles. The van der Waals surface area contributed by atoms with E-state index in [-0.39, 0.29) is 13.0 Å². The van der Waals surface area contributed by atoms with E-state index in [0.717, 1.165) is 0 Å². The first kappa shape index (κ1) is 17.1. The molecule has 0 amide bonds. The zero-order valence-corrected chi connectivity index (χ0v) is 12.1. The third-order valence-corrected chi connectivity index (χ3v) is 2.77. The number of esters is 3. The number of rotatable bonds is 5. The summed E-state index contributed by atoms with van der Waals surface area (Å²) in [5, 5.41) is 0. The van der Waals surface area contributed by atoms with Crippen molar-refractivity contribution in [3.8, 4) is 0 Å². The normalized spacial score (nSPS) is 28.3. The van der Waals surface area contributed by atoms with Gasteiger partial charge >= 0.3 is 17.9 Å². The van der Waals surface area contributed by atoms with Crippen molar-refractivity contribution in [3.05, 3.63) is 0 Å². The highest BCUT2D eigenvalue weighted by Crippen LogP contribution is 2.25. The summed E-state index contributed by atoms with van der Waals surface area (Å²) in [5.41, 5.74) is 0. The number of carbonyl (C=O) groups excluding carboxylic acids is 4. The van der Waals surface area contributed by atoms with Gasteiger partial charge in [0.25, 0.3) is 0 Å². The van der Waals surface area contributed by atoms with Gasteiger partial charge in [-0.2, -0.15) is 0 Å². The summed E-state index contributed by atoms with van der Waals surface area (Å²) in [5.74, 6) is -1.72. The lowest BCUT2D eigenvalue weighted by molar-refractivity contribution is -0.211. The van der Waals surface area contributed by atoms with Gasteiger partial charge in [0.05, 0.1) is 0 Å². The predicted octanol–water partition coefficient (Wildman–Crippen LogP) is -0.231. The van der Waals surface area contributed by atoms with Crippen molar-refractivity contribution in [2.45, 2.75) is 51.6 Å². The summed E-state index contributed by atoms with van der Waals surface area (Å²) >= 11 is 0. The highest BCUT2D eigenvalue weighted by molar-refractivity contribution is 5.68. The van der Waals surface area contributed by atoms with E-state index in [2.05, 4.69) is 0 Å². The van der Waals surface area contributed by atoms with E-state index in [0.29, 0.717) is 6.29 Å². The Balaban J connectivity index is 2.90. The molecule has 1 aliphatic heterocycles. The van der Waals surface area contributed by atoms with Crippen LogP contribution >= 0.6 is 0 Å². The van der Waals surface area contributed by atoms with Gasteiger partial charge in [0.15, 0.2) is 6.10 Å². The van der Waals surface area contributed by atoms with Crippen molar-refractivity contribution < 1.29 is 38.1 Å². The first-order valence-corrected chi connectivity index (χ1v) is 6.42. The first-order valence-electron chi connectivity index (χ1n) is 6.42. The lowest BCUT2D eigenvalue weighted by atomic mass is 9.98. The minimum Gasteiger partial charge on any atom is -0.463 e. The van der Waals surface area contributed by atoms with Gasteiger partial charge in [-0.1, -0.05) is 0 Å². The van der Waals surface area contributed by atoms with Gasteiger partial charge in [-0.3, -0.25) is 14.4 Å². The van der Waals surface area contributed by atoms with Crippen LogP contribution in [0.4, 0.5) is 0 Å². The molecule has 1 unspecified atom stereocenters. The maximum Gasteiger partial charge on any atom is 0.303 e. The zero-order chi connectivity index (χ0) is 16.0. The second-order valence-electron chi connectivity index (χ2n) is 4.61. The van der Waals surface area contributed by atoms with E-state index in [1.807, 2.05) is 0 Å². The quantitative estimate of drug-likeness (QED) is 0.389. The van der Waals surface area contributed by atoms with Crippen LogP contribution in [0.25, 0.3) is 0 Å². The molecule has 0 spiro atoms. The van der Waals surface area contributed by atoms with E-state index in [1.54, 1.807) is 0 Å². The average molecular weight is 302 g/mol. The summed E-state index contributed by atoms with van der Waals surface area (Å²) in [6.07, 6.45) is -2.87. The molecular weight excluding hydrogens is 284 g/mol. The molecular formula is C13H18O8. The van der Waals surface area contributed by atoms with Crippen LogP contribution in [-0.4, -0.2) is 55.2 Å². The molecule has 118 valence electrons. The number of ether oxygens (including phenoxy) is 4. The van der Waals surface area contributed by atoms with Gasteiger partial charge in [-0.05, 0) is 0 Å². The SMILES string of the molecule is CC(=O)OC[C@H]1OC(C=O)C[C@@H](OC(C)=O)[C@@H]1OC(C)=O. The smallest absolute Gasteiger partial charge is 0.303 e. The maximum absolute atomic E-state index is 11.2. The van der Waals surface area contributed by atoms with Crippen LogP contribution in [0.15, 0.2) is 0 Å². The lowest BCUT2D eigenvalue weighted by Crippen LogP contribution is -2.54. The van der Waals surface area contributed by atoms with Crippen molar-refractivity contribution in [1.82, 2.24) is 0 Å². The van der Waals surface area contributed by atoms with E-state index < -0.39 is 42.3 Å². The molecule has 1 fully saturated rings. The Kier molecular flexibility index (Phi) is 6.29. The number of hydrogen-bond donors (Lipinski definition) is 0. The van der Waals surface area contributed by atoms with Gasteiger partial charge in [-0.25, -0.2) is 0 Å². The molecule has 0 aromatic rings. The molecule has 4 atom stereocenters. The predicted molar refractivity (Wildman–Crippen MR) is 67.1 cm³/mol. The minimum absolute atomic E-state index is 0.0671. The van der Waals surface area contributed by atoms with Gasteiger partial charge in [0.2, 0.25) is 0 Å². The molecule has 0 radical (unpaired) electrons. The first-order chi connectivity index (χ1) is 9.83. The average Bonchev–Trinajstić information content (AvgIpc) is 2.37. The Morgan fingerprint density at radius 2 is 1.71 bits per heavy atom. The van der Waals surface area contributed by atoms with E-state index in [4.69, 9.17) is 18.9 Å². The standard InChI is InChI=1S/C13H18O8/c1-7(15)18-6-12-13(20-9(3)17)11(19-8(2)16)4-10(5-14)21-12/h5,10-13H,4,6H2,1-3H3/t10?,11-,12-,13+/m1/s1. The second kappa shape index (κ2) is 7.72. The van der Waals surface area contributed by atoms with Gasteiger partial charge in [0.1, 0.15) is 31.2 Å². The summed E-state index contributed by atoms with van der Waals surface area (Å²) in [6.45, 7) is 3.40. The molecule has 1 aliphatic rings. The highest BCUT2D eigenvalue weighted by atomic mass is 16.6. The molecule has 0 aromatic heterocycles. The number of carbonyl (C=O) groups is 4. The molecule has 0 saturated carbocycles. The van der Waals surface area contributed by atoms with E-state index in [1.165, 1.54) is 20.8 Å². The van der Waals surface area contributed by atoms with Crippen molar-refractivity contribution in [2.24, 2.45) is 0 Å². The molecule has 0 N–H and O–H groups in total. The highest BCUT2D eigenvalue weighted by Gasteiger charge is 2.43. The van der Waals surface area contributed by atoms with Crippen molar-refractivity contribution in [2.75, 3.05) is 6.61 Å². The topological polar surface area (TPSA) is 105 Å². The van der Waals surface area contributed by atoms with Crippen LogP contribution in [0.1, 0.15) is 27.2 Å². The van der Waals surface area contributed by atoms with Crippen LogP contribution in [0, 0.1) is 0 Å². The van der Waals surface area contributed by atoms with Gasteiger partial charge in [-0.15, -0.1) is 0 Å². The van der Waals surface area contributed by atoms with E-state index in [9.17, 15) is 19.2 Å². The number of aldehydes is 1. The largest absolute Gasteiger partial charge is 0.463 e. The Bertz CT molecular complexity index is 418. The van der Waals surface area contributed by atoms with Crippen LogP contribution in [0.3, 0.4) is 0 Å². The molecule has 0 aliphatic carbocycles. The molecule has 8 nitrogen and oxygen atoms in total.